The minimum Gasteiger partial charge on any atom is -0.309 e. The molecule has 0 unspecified atom stereocenters. The van der Waals surface area contributed by atoms with Crippen molar-refractivity contribution in [2.45, 2.75) is 67.0 Å². The highest BCUT2D eigenvalue weighted by Crippen LogP contribution is 2.44. The van der Waals surface area contributed by atoms with E-state index in [1.165, 1.54) is 0 Å². The van der Waals surface area contributed by atoms with Crippen molar-refractivity contribution in [3.63, 3.8) is 0 Å². The molecule has 2 aromatic carbocycles. The van der Waals surface area contributed by atoms with Gasteiger partial charge >= 0.3 is 0 Å². The van der Waals surface area contributed by atoms with Crippen LogP contribution >= 0.6 is 0 Å². The molecule has 0 bridgehead atoms. The van der Waals surface area contributed by atoms with Gasteiger partial charge in [0.2, 0.25) is 11.8 Å². The molecular formula is C26H34N2O2. The third-order valence-corrected chi connectivity index (χ3v) is 5.63. The number of amides is 2. The Morgan fingerprint density at radius 2 is 1.43 bits per heavy atom. The zero-order valence-corrected chi connectivity index (χ0v) is 19.3. The summed E-state index contributed by atoms with van der Waals surface area (Å²) in [5, 5.41) is 0. The van der Waals surface area contributed by atoms with E-state index in [9.17, 15) is 9.59 Å². The molecule has 0 fully saturated rings. The second-order valence-electron chi connectivity index (χ2n) is 10.3. The maximum atomic E-state index is 13.6. The van der Waals surface area contributed by atoms with Crippen LogP contribution in [-0.2, 0) is 9.59 Å². The van der Waals surface area contributed by atoms with Gasteiger partial charge in [-0.05, 0) is 37.1 Å². The van der Waals surface area contributed by atoms with Crippen LogP contribution in [0.1, 0.15) is 66.5 Å². The van der Waals surface area contributed by atoms with Crippen molar-refractivity contribution in [3.05, 3.63) is 60.2 Å². The predicted molar refractivity (Wildman–Crippen MR) is 124 cm³/mol. The molecule has 2 amide bonds. The summed E-state index contributed by atoms with van der Waals surface area (Å²) < 4.78 is 0. The van der Waals surface area contributed by atoms with Crippen LogP contribution in [0.25, 0.3) is 0 Å². The number of anilines is 2. The van der Waals surface area contributed by atoms with Crippen LogP contribution in [0.15, 0.2) is 54.6 Å². The van der Waals surface area contributed by atoms with Crippen LogP contribution in [0.5, 0.6) is 0 Å². The average molecular weight is 407 g/mol. The third-order valence-electron chi connectivity index (χ3n) is 5.63. The predicted octanol–water partition coefficient (Wildman–Crippen LogP) is 5.98. The Morgan fingerprint density at radius 3 is 2.00 bits per heavy atom. The van der Waals surface area contributed by atoms with E-state index in [0.29, 0.717) is 6.42 Å². The summed E-state index contributed by atoms with van der Waals surface area (Å²) in [7, 11) is 0. The summed E-state index contributed by atoms with van der Waals surface area (Å²) in [5.74, 6) is 0.186. The summed E-state index contributed by atoms with van der Waals surface area (Å²) in [6.07, 6.45) is 0.690. The smallest absolute Gasteiger partial charge is 0.232 e. The van der Waals surface area contributed by atoms with Crippen LogP contribution in [0.2, 0.25) is 0 Å². The number of hydrogen-bond acceptors (Lipinski definition) is 2. The maximum Gasteiger partial charge on any atom is 0.232 e. The lowest BCUT2D eigenvalue weighted by Crippen LogP contribution is -2.52. The Bertz CT molecular complexity index is 922. The van der Waals surface area contributed by atoms with Gasteiger partial charge in [0.1, 0.15) is 0 Å². The van der Waals surface area contributed by atoms with Crippen LogP contribution in [-0.4, -0.2) is 17.9 Å². The first-order valence-corrected chi connectivity index (χ1v) is 10.7. The van der Waals surface area contributed by atoms with E-state index in [4.69, 9.17) is 0 Å². The molecule has 0 N–H and O–H groups in total. The molecular weight excluding hydrogens is 372 g/mol. The van der Waals surface area contributed by atoms with E-state index in [1.807, 2.05) is 99.9 Å². The van der Waals surface area contributed by atoms with Gasteiger partial charge in [0, 0.05) is 28.2 Å². The first-order chi connectivity index (χ1) is 13.9. The van der Waals surface area contributed by atoms with Gasteiger partial charge in [0.25, 0.3) is 0 Å². The minimum atomic E-state index is -0.521. The average Bonchev–Trinajstić information content (AvgIpc) is 2.67. The molecule has 1 aliphatic rings. The molecule has 4 nitrogen and oxygen atoms in total. The Balaban J connectivity index is 2.16. The van der Waals surface area contributed by atoms with Crippen LogP contribution in [0, 0.1) is 10.8 Å². The van der Waals surface area contributed by atoms with Gasteiger partial charge in [-0.2, -0.15) is 0 Å². The van der Waals surface area contributed by atoms with E-state index >= 15 is 0 Å². The third kappa shape index (κ3) is 4.14. The van der Waals surface area contributed by atoms with Crippen molar-refractivity contribution in [2.75, 3.05) is 9.80 Å². The highest BCUT2D eigenvalue weighted by Gasteiger charge is 2.42. The largest absolute Gasteiger partial charge is 0.309 e. The molecule has 0 aromatic heterocycles. The highest BCUT2D eigenvalue weighted by atomic mass is 16.2. The van der Waals surface area contributed by atoms with E-state index in [0.717, 1.165) is 16.9 Å². The normalized spacial score (nSPS) is 19.2. The summed E-state index contributed by atoms with van der Waals surface area (Å²) in [6, 6.07) is 17.7. The van der Waals surface area contributed by atoms with Gasteiger partial charge in [0.05, 0.1) is 6.04 Å². The Kier molecular flexibility index (Phi) is 5.81. The molecule has 0 saturated carbocycles. The van der Waals surface area contributed by atoms with Gasteiger partial charge in [0.15, 0.2) is 0 Å². The number of hydrogen-bond donors (Lipinski definition) is 0. The summed E-state index contributed by atoms with van der Waals surface area (Å²) in [6.45, 7) is 13.8. The van der Waals surface area contributed by atoms with Gasteiger partial charge in [-0.15, -0.1) is 0 Å². The van der Waals surface area contributed by atoms with Crippen molar-refractivity contribution in [1.29, 1.82) is 0 Å². The minimum absolute atomic E-state index is 0.0180. The molecule has 0 aliphatic carbocycles. The number of benzene rings is 2. The van der Waals surface area contributed by atoms with E-state index in [2.05, 4.69) is 13.0 Å². The van der Waals surface area contributed by atoms with E-state index in [1.54, 1.807) is 0 Å². The van der Waals surface area contributed by atoms with Crippen LogP contribution in [0.4, 0.5) is 11.4 Å². The monoisotopic (exact) mass is 406 g/mol. The number of carbonyl (C=O) groups is 2. The lowest BCUT2D eigenvalue weighted by atomic mass is 9.85. The molecule has 0 radical (unpaired) electrons. The number of nitrogens with zero attached hydrogens (tertiary/aromatic N) is 2. The molecule has 0 saturated heterocycles. The van der Waals surface area contributed by atoms with Crippen molar-refractivity contribution < 1.29 is 9.59 Å². The standard InChI is InChI=1S/C26H34N2O2/c1-18-17-22(28(24(30)26(5,6)7)19-13-9-8-10-14-19)20-15-11-12-16-21(20)27(18)23(29)25(2,3)4/h8-16,18,22H,17H2,1-7H3/t18-,22+/m0/s1. The SMILES string of the molecule is C[C@H]1C[C@@H](N(C(=O)C(C)(C)C)c2ccccc2)c2ccccc2N1C(=O)C(C)(C)C. The zero-order valence-electron chi connectivity index (χ0n) is 19.3. The summed E-state index contributed by atoms with van der Waals surface area (Å²) in [5.41, 5.74) is 1.82. The molecule has 2 atom stereocenters. The molecule has 160 valence electrons. The summed E-state index contributed by atoms with van der Waals surface area (Å²) in [4.78, 5) is 30.7. The Labute approximate surface area is 180 Å². The molecule has 3 rings (SSSR count). The zero-order chi connectivity index (χ0) is 22.3. The maximum absolute atomic E-state index is 13.6. The molecule has 2 aromatic rings. The van der Waals surface area contributed by atoms with Gasteiger partial charge in [-0.3, -0.25) is 9.59 Å². The van der Waals surface area contributed by atoms with Crippen molar-refractivity contribution >= 4 is 23.2 Å². The fourth-order valence-electron chi connectivity index (χ4n) is 4.09. The topological polar surface area (TPSA) is 40.6 Å². The summed E-state index contributed by atoms with van der Waals surface area (Å²) >= 11 is 0. The number of rotatable bonds is 2. The molecule has 0 spiro atoms. The van der Waals surface area contributed by atoms with E-state index < -0.39 is 10.8 Å². The highest BCUT2D eigenvalue weighted by molar-refractivity contribution is 6.01. The van der Waals surface area contributed by atoms with Crippen molar-refractivity contribution in [3.8, 4) is 0 Å². The number of fused-ring (bicyclic) bond motifs is 1. The van der Waals surface area contributed by atoms with E-state index in [-0.39, 0.29) is 23.9 Å². The fraction of sp³-hybridized carbons (Fsp3) is 0.462. The number of carbonyl (C=O) groups excluding carboxylic acids is 2. The van der Waals surface area contributed by atoms with Crippen molar-refractivity contribution in [1.82, 2.24) is 0 Å². The van der Waals surface area contributed by atoms with Crippen LogP contribution in [0.3, 0.4) is 0 Å². The Hall–Kier alpha value is -2.62. The second kappa shape index (κ2) is 7.90. The van der Waals surface area contributed by atoms with Crippen molar-refractivity contribution in [2.24, 2.45) is 10.8 Å². The Morgan fingerprint density at radius 1 is 0.867 bits per heavy atom. The molecule has 1 heterocycles. The lowest BCUT2D eigenvalue weighted by Gasteiger charge is -2.46. The fourth-order valence-corrected chi connectivity index (χ4v) is 4.09. The van der Waals surface area contributed by atoms with Gasteiger partial charge in [-0.25, -0.2) is 0 Å². The van der Waals surface area contributed by atoms with Crippen LogP contribution < -0.4 is 9.80 Å². The molecule has 30 heavy (non-hydrogen) atoms. The lowest BCUT2D eigenvalue weighted by molar-refractivity contribution is -0.126. The number of para-hydroxylation sites is 2. The quantitative estimate of drug-likeness (QED) is 0.616. The first-order valence-electron chi connectivity index (χ1n) is 10.7. The molecule has 4 heteroatoms. The van der Waals surface area contributed by atoms with Gasteiger partial charge < -0.3 is 9.80 Å². The second-order valence-corrected chi connectivity index (χ2v) is 10.3. The van der Waals surface area contributed by atoms with Gasteiger partial charge in [-0.1, -0.05) is 77.9 Å². The molecule has 1 aliphatic heterocycles. The first kappa shape index (κ1) is 22.1.